The Balaban J connectivity index is 4.60. The lowest BCUT2D eigenvalue weighted by atomic mass is 10.2. The van der Waals surface area contributed by atoms with Gasteiger partial charge in [0.15, 0.2) is 0 Å². The van der Waals surface area contributed by atoms with Gasteiger partial charge in [-0.25, -0.2) is 4.79 Å². The summed E-state index contributed by atoms with van der Waals surface area (Å²) in [4.78, 5) is 26.4. The topological polar surface area (TPSA) is 60.9 Å². The Morgan fingerprint density at radius 3 is 2.17 bits per heavy atom. The van der Waals surface area contributed by atoms with Crippen molar-refractivity contribution in [1.29, 1.82) is 0 Å². The van der Waals surface area contributed by atoms with Crippen molar-refractivity contribution >= 4 is 12.0 Å². The Kier molecular flexibility index (Phi) is 8.16. The molecule has 0 saturated heterocycles. The molecular weight excluding hydrogens is 232 g/mol. The molecule has 1 atom stereocenters. The molecule has 0 aliphatic carbocycles. The second-order valence-electron chi connectivity index (χ2n) is 4.45. The second kappa shape index (κ2) is 8.78. The highest BCUT2D eigenvalue weighted by Crippen LogP contribution is 2.09. The van der Waals surface area contributed by atoms with Gasteiger partial charge in [0.2, 0.25) is 0 Å². The van der Waals surface area contributed by atoms with Crippen LogP contribution in [0.1, 0.15) is 47.0 Å². The van der Waals surface area contributed by atoms with Gasteiger partial charge in [-0.05, 0) is 27.2 Å². The van der Waals surface area contributed by atoms with E-state index in [1.54, 1.807) is 16.7 Å². The molecular formula is C13H26N2O3. The summed E-state index contributed by atoms with van der Waals surface area (Å²) < 4.78 is 0. The van der Waals surface area contributed by atoms with E-state index in [0.717, 1.165) is 19.4 Å². The molecule has 1 unspecified atom stereocenters. The van der Waals surface area contributed by atoms with Crippen LogP contribution in [0, 0.1) is 0 Å². The Labute approximate surface area is 110 Å². The molecule has 0 heterocycles. The Morgan fingerprint density at radius 2 is 1.78 bits per heavy atom. The van der Waals surface area contributed by atoms with E-state index in [2.05, 4.69) is 6.92 Å². The SMILES string of the molecule is CCCCN(CC)C(=O)N(CC)C(C)CC(=O)O. The van der Waals surface area contributed by atoms with Crippen molar-refractivity contribution in [2.24, 2.45) is 0 Å². The molecule has 0 radical (unpaired) electrons. The third-order valence-corrected chi connectivity index (χ3v) is 3.02. The highest BCUT2D eigenvalue weighted by atomic mass is 16.4. The molecule has 106 valence electrons. The second-order valence-corrected chi connectivity index (χ2v) is 4.45. The van der Waals surface area contributed by atoms with Crippen molar-refractivity contribution in [3.63, 3.8) is 0 Å². The molecule has 1 N–H and O–H groups in total. The van der Waals surface area contributed by atoms with Crippen molar-refractivity contribution in [2.45, 2.75) is 53.0 Å². The summed E-state index contributed by atoms with van der Waals surface area (Å²) in [6.45, 7) is 9.63. The third kappa shape index (κ3) is 5.38. The van der Waals surface area contributed by atoms with Crippen LogP contribution < -0.4 is 0 Å². The van der Waals surface area contributed by atoms with Gasteiger partial charge in [-0.15, -0.1) is 0 Å². The summed E-state index contributed by atoms with van der Waals surface area (Å²) in [5.74, 6) is -0.870. The highest BCUT2D eigenvalue weighted by molar-refractivity contribution is 5.76. The number of amides is 2. The zero-order chi connectivity index (χ0) is 14.1. The van der Waals surface area contributed by atoms with Crippen LogP contribution in [0.3, 0.4) is 0 Å². The first kappa shape index (κ1) is 16.7. The minimum absolute atomic E-state index is 0.00902. The lowest BCUT2D eigenvalue weighted by Gasteiger charge is -2.33. The number of hydrogen-bond donors (Lipinski definition) is 1. The van der Waals surface area contributed by atoms with Crippen molar-refractivity contribution in [3.8, 4) is 0 Å². The van der Waals surface area contributed by atoms with Crippen molar-refractivity contribution in [1.82, 2.24) is 9.80 Å². The smallest absolute Gasteiger partial charge is 0.320 e. The highest BCUT2D eigenvalue weighted by Gasteiger charge is 2.24. The normalized spacial score (nSPS) is 12.0. The molecule has 0 rings (SSSR count). The van der Waals surface area contributed by atoms with Crippen LogP contribution in [0.2, 0.25) is 0 Å². The van der Waals surface area contributed by atoms with Gasteiger partial charge in [0, 0.05) is 25.7 Å². The number of urea groups is 1. The number of nitrogens with zero attached hydrogens (tertiary/aromatic N) is 2. The zero-order valence-corrected chi connectivity index (χ0v) is 12.0. The molecule has 0 spiro atoms. The lowest BCUT2D eigenvalue weighted by molar-refractivity contribution is -0.138. The van der Waals surface area contributed by atoms with Crippen molar-refractivity contribution in [2.75, 3.05) is 19.6 Å². The molecule has 0 aliphatic heterocycles. The predicted octanol–water partition coefficient (Wildman–Crippen LogP) is 2.41. The maximum atomic E-state index is 12.3. The van der Waals surface area contributed by atoms with Crippen LogP contribution in [0.4, 0.5) is 4.79 Å². The van der Waals surface area contributed by atoms with E-state index in [0.29, 0.717) is 13.1 Å². The number of carboxylic acids is 1. The van der Waals surface area contributed by atoms with Crippen LogP contribution in [0.15, 0.2) is 0 Å². The van der Waals surface area contributed by atoms with Gasteiger partial charge in [0.25, 0.3) is 0 Å². The van der Waals surface area contributed by atoms with E-state index in [9.17, 15) is 9.59 Å². The van der Waals surface area contributed by atoms with E-state index in [4.69, 9.17) is 5.11 Å². The molecule has 18 heavy (non-hydrogen) atoms. The van der Waals surface area contributed by atoms with E-state index >= 15 is 0 Å². The van der Waals surface area contributed by atoms with Crippen LogP contribution in [0.25, 0.3) is 0 Å². The summed E-state index contributed by atoms with van der Waals surface area (Å²) in [5.41, 5.74) is 0. The summed E-state index contributed by atoms with van der Waals surface area (Å²) >= 11 is 0. The molecule has 0 fully saturated rings. The van der Waals surface area contributed by atoms with Gasteiger partial charge in [-0.2, -0.15) is 0 Å². The van der Waals surface area contributed by atoms with Gasteiger partial charge >= 0.3 is 12.0 Å². The minimum atomic E-state index is -0.870. The molecule has 0 aromatic heterocycles. The third-order valence-electron chi connectivity index (χ3n) is 3.02. The standard InChI is InChI=1S/C13H26N2O3/c1-5-8-9-14(6-2)13(18)15(7-3)11(4)10-12(16)17/h11H,5-10H2,1-4H3,(H,16,17). The number of hydrogen-bond acceptors (Lipinski definition) is 2. The van der Waals surface area contributed by atoms with E-state index in [1.807, 2.05) is 13.8 Å². The van der Waals surface area contributed by atoms with Gasteiger partial charge in [0.05, 0.1) is 6.42 Å². The molecule has 0 aromatic carbocycles. The molecule has 5 heteroatoms. The van der Waals surface area contributed by atoms with Crippen molar-refractivity contribution in [3.05, 3.63) is 0 Å². The minimum Gasteiger partial charge on any atom is -0.481 e. The van der Waals surface area contributed by atoms with Gasteiger partial charge in [-0.1, -0.05) is 13.3 Å². The van der Waals surface area contributed by atoms with E-state index in [1.165, 1.54) is 0 Å². The molecule has 0 bridgehead atoms. The fourth-order valence-corrected chi connectivity index (χ4v) is 1.92. The van der Waals surface area contributed by atoms with Crippen LogP contribution >= 0.6 is 0 Å². The first-order valence-corrected chi connectivity index (χ1v) is 6.75. The first-order valence-electron chi connectivity index (χ1n) is 6.75. The molecule has 0 aliphatic rings. The lowest BCUT2D eigenvalue weighted by Crippen LogP contribution is -2.48. The zero-order valence-electron chi connectivity index (χ0n) is 12.0. The number of unbranched alkanes of at least 4 members (excludes halogenated alkanes) is 1. The maximum Gasteiger partial charge on any atom is 0.320 e. The summed E-state index contributed by atoms with van der Waals surface area (Å²) in [6.07, 6.45) is 2.01. The number of rotatable bonds is 8. The molecule has 0 saturated carbocycles. The largest absolute Gasteiger partial charge is 0.481 e. The van der Waals surface area contributed by atoms with E-state index in [-0.39, 0.29) is 18.5 Å². The summed E-state index contributed by atoms with van der Waals surface area (Å²) in [5, 5.41) is 8.80. The number of carbonyl (C=O) groups is 2. The molecule has 5 nitrogen and oxygen atoms in total. The number of carbonyl (C=O) groups excluding carboxylic acids is 1. The van der Waals surface area contributed by atoms with Crippen LogP contribution in [0.5, 0.6) is 0 Å². The monoisotopic (exact) mass is 258 g/mol. The fraction of sp³-hybridized carbons (Fsp3) is 0.846. The van der Waals surface area contributed by atoms with Crippen LogP contribution in [-0.4, -0.2) is 52.6 Å². The van der Waals surface area contributed by atoms with E-state index < -0.39 is 5.97 Å². The van der Waals surface area contributed by atoms with Gasteiger partial charge in [-0.3, -0.25) is 4.79 Å². The number of carboxylic acid groups (broad SMARTS) is 1. The van der Waals surface area contributed by atoms with Crippen LogP contribution in [-0.2, 0) is 4.79 Å². The average molecular weight is 258 g/mol. The maximum absolute atomic E-state index is 12.3. The van der Waals surface area contributed by atoms with Crippen molar-refractivity contribution < 1.29 is 14.7 Å². The van der Waals surface area contributed by atoms with Gasteiger partial charge < -0.3 is 14.9 Å². The first-order chi connectivity index (χ1) is 8.47. The Bertz CT molecular complexity index is 269. The number of aliphatic carboxylic acids is 1. The predicted molar refractivity (Wildman–Crippen MR) is 71.6 cm³/mol. The Morgan fingerprint density at radius 1 is 1.17 bits per heavy atom. The molecule has 0 aromatic rings. The van der Waals surface area contributed by atoms with Gasteiger partial charge in [0.1, 0.15) is 0 Å². The summed E-state index contributed by atoms with van der Waals surface area (Å²) in [7, 11) is 0. The quantitative estimate of drug-likeness (QED) is 0.727. The summed E-state index contributed by atoms with van der Waals surface area (Å²) in [6, 6.07) is -0.321. The average Bonchev–Trinajstić information content (AvgIpc) is 2.30. The molecule has 2 amide bonds. The fourth-order valence-electron chi connectivity index (χ4n) is 1.92. The Hall–Kier alpha value is -1.26.